The van der Waals surface area contributed by atoms with E-state index in [1.54, 1.807) is 0 Å². The number of ketones is 1. The third-order valence-electron chi connectivity index (χ3n) is 2.84. The fourth-order valence-corrected chi connectivity index (χ4v) is 1.93. The molecule has 2 aliphatic rings. The molecule has 3 nitrogen and oxygen atoms in total. The zero-order valence-electron chi connectivity index (χ0n) is 6.96. The van der Waals surface area contributed by atoms with Crippen LogP contribution in [0, 0.1) is 5.92 Å². The Bertz CT molecular complexity index is 200. The summed E-state index contributed by atoms with van der Waals surface area (Å²) < 4.78 is 0. The summed E-state index contributed by atoms with van der Waals surface area (Å²) in [7, 11) is 0. The van der Waals surface area contributed by atoms with E-state index in [1.807, 2.05) is 5.06 Å². The number of hydrogen-bond donors (Lipinski definition) is 0. The lowest BCUT2D eigenvalue weighted by Gasteiger charge is -2.36. The van der Waals surface area contributed by atoms with E-state index >= 15 is 0 Å². The van der Waals surface area contributed by atoms with Crippen LogP contribution < -0.4 is 0 Å². The number of rotatable bonds is 0. The second-order valence-corrected chi connectivity index (χ2v) is 3.82. The van der Waals surface area contributed by atoms with Crippen LogP contribution in [-0.4, -0.2) is 29.5 Å². The maximum atomic E-state index is 11.4. The zero-order chi connectivity index (χ0) is 8.06. The van der Waals surface area contributed by atoms with Crippen LogP contribution in [0.2, 0.25) is 0 Å². The van der Waals surface area contributed by atoms with Gasteiger partial charge in [-0.3, -0.25) is 9.63 Å². The number of piperidine rings is 1. The van der Waals surface area contributed by atoms with Gasteiger partial charge in [-0.05, 0) is 13.8 Å². The second-order valence-electron chi connectivity index (χ2n) is 3.82. The van der Waals surface area contributed by atoms with E-state index < -0.39 is 0 Å². The van der Waals surface area contributed by atoms with E-state index in [1.165, 1.54) is 0 Å². The molecule has 0 aliphatic carbocycles. The Labute approximate surface area is 66.3 Å². The maximum Gasteiger partial charge on any atom is 0.141 e. The SMILES string of the molecule is CC1(C)C2CON1CCC2=O. The zero-order valence-corrected chi connectivity index (χ0v) is 6.96. The van der Waals surface area contributed by atoms with Gasteiger partial charge < -0.3 is 0 Å². The van der Waals surface area contributed by atoms with Gasteiger partial charge in [-0.2, -0.15) is 5.06 Å². The summed E-state index contributed by atoms with van der Waals surface area (Å²) in [5.74, 6) is 0.472. The van der Waals surface area contributed by atoms with Crippen molar-refractivity contribution in [2.24, 2.45) is 5.92 Å². The predicted octanol–water partition coefficient (Wildman–Crippen LogP) is 0.601. The molecule has 0 aromatic rings. The molecule has 2 saturated heterocycles. The van der Waals surface area contributed by atoms with Crippen molar-refractivity contribution < 1.29 is 9.63 Å². The number of carbonyl (C=O) groups excluding carboxylic acids is 1. The van der Waals surface area contributed by atoms with Crippen LogP contribution in [0.1, 0.15) is 20.3 Å². The first-order valence-corrected chi connectivity index (χ1v) is 4.05. The molecule has 0 aromatic heterocycles. The molecule has 0 amide bonds. The lowest BCUT2D eigenvalue weighted by Crippen LogP contribution is -2.49. The maximum absolute atomic E-state index is 11.4. The minimum absolute atomic E-state index is 0.0602. The van der Waals surface area contributed by atoms with Crippen LogP contribution in [0.3, 0.4) is 0 Å². The fraction of sp³-hybridized carbons (Fsp3) is 0.875. The van der Waals surface area contributed by atoms with E-state index in [2.05, 4.69) is 13.8 Å². The Kier molecular flexibility index (Phi) is 1.35. The van der Waals surface area contributed by atoms with E-state index in [9.17, 15) is 4.79 Å². The molecule has 0 radical (unpaired) electrons. The number of carbonyl (C=O) groups is 1. The predicted molar refractivity (Wildman–Crippen MR) is 39.9 cm³/mol. The van der Waals surface area contributed by atoms with Gasteiger partial charge in [0.05, 0.1) is 18.1 Å². The quantitative estimate of drug-likeness (QED) is 0.513. The molecule has 11 heavy (non-hydrogen) atoms. The standard InChI is InChI=1S/C8H13NO2/c1-8(2)6-5-11-9(8)4-3-7(6)10/h6H,3-5H2,1-2H3. The number of hydrogen-bond acceptors (Lipinski definition) is 3. The molecule has 0 saturated carbocycles. The lowest BCUT2D eigenvalue weighted by atomic mass is 9.81. The normalized spacial score (nSPS) is 41.1. The van der Waals surface area contributed by atoms with Gasteiger partial charge in [-0.1, -0.05) is 0 Å². The third-order valence-corrected chi connectivity index (χ3v) is 2.84. The van der Waals surface area contributed by atoms with Crippen molar-refractivity contribution in [3.63, 3.8) is 0 Å². The van der Waals surface area contributed by atoms with Gasteiger partial charge in [0, 0.05) is 13.0 Å². The van der Waals surface area contributed by atoms with Gasteiger partial charge in [-0.15, -0.1) is 0 Å². The molecule has 3 heteroatoms. The van der Waals surface area contributed by atoms with Crippen LogP contribution in [0.15, 0.2) is 0 Å². The molecule has 2 fully saturated rings. The monoisotopic (exact) mass is 155 g/mol. The van der Waals surface area contributed by atoms with Crippen molar-refractivity contribution in [1.82, 2.24) is 5.06 Å². The first-order valence-electron chi connectivity index (χ1n) is 4.05. The summed E-state index contributed by atoms with van der Waals surface area (Å²) in [5.41, 5.74) is -0.0602. The summed E-state index contributed by atoms with van der Waals surface area (Å²) >= 11 is 0. The first-order chi connectivity index (χ1) is 5.12. The highest BCUT2D eigenvalue weighted by molar-refractivity contribution is 5.83. The molecule has 0 N–H and O–H groups in total. The van der Waals surface area contributed by atoms with Crippen LogP contribution in [0.5, 0.6) is 0 Å². The topological polar surface area (TPSA) is 29.5 Å². The average molecular weight is 155 g/mol. The number of Topliss-reactive ketones (excluding diaryl/α,β-unsaturated/α-hetero) is 1. The van der Waals surface area contributed by atoms with E-state index in [0.29, 0.717) is 18.8 Å². The number of fused-ring (bicyclic) bond motifs is 2. The summed E-state index contributed by atoms with van der Waals surface area (Å²) in [6.45, 7) is 5.50. The highest BCUT2D eigenvalue weighted by Crippen LogP contribution is 2.36. The Hall–Kier alpha value is -0.410. The molecule has 2 atom stereocenters. The molecule has 2 bridgehead atoms. The fourth-order valence-electron chi connectivity index (χ4n) is 1.93. The summed E-state index contributed by atoms with van der Waals surface area (Å²) in [6, 6.07) is 0. The molecule has 2 heterocycles. The Balaban J connectivity index is 2.31. The molecule has 2 rings (SSSR count). The molecule has 62 valence electrons. The van der Waals surface area contributed by atoms with Gasteiger partial charge in [0.2, 0.25) is 0 Å². The minimum atomic E-state index is -0.0602. The van der Waals surface area contributed by atoms with Gasteiger partial charge in [-0.25, -0.2) is 0 Å². The van der Waals surface area contributed by atoms with Crippen molar-refractivity contribution in [3.05, 3.63) is 0 Å². The van der Waals surface area contributed by atoms with Crippen LogP contribution in [0.4, 0.5) is 0 Å². The van der Waals surface area contributed by atoms with Crippen molar-refractivity contribution in [3.8, 4) is 0 Å². The smallest absolute Gasteiger partial charge is 0.141 e. The highest BCUT2D eigenvalue weighted by atomic mass is 16.7. The Morgan fingerprint density at radius 2 is 2.36 bits per heavy atom. The molecular weight excluding hydrogens is 142 g/mol. The first kappa shape index (κ1) is 7.25. The van der Waals surface area contributed by atoms with E-state index in [0.717, 1.165) is 6.54 Å². The Morgan fingerprint density at radius 1 is 1.64 bits per heavy atom. The summed E-state index contributed by atoms with van der Waals surface area (Å²) in [4.78, 5) is 16.7. The van der Waals surface area contributed by atoms with Crippen molar-refractivity contribution in [2.45, 2.75) is 25.8 Å². The van der Waals surface area contributed by atoms with Crippen LogP contribution in [-0.2, 0) is 9.63 Å². The number of nitrogens with zero attached hydrogens (tertiary/aromatic N) is 1. The van der Waals surface area contributed by atoms with Gasteiger partial charge >= 0.3 is 0 Å². The van der Waals surface area contributed by atoms with Crippen molar-refractivity contribution in [1.29, 1.82) is 0 Å². The lowest BCUT2D eigenvalue weighted by molar-refractivity contribution is -0.164. The molecular formula is C8H13NO2. The van der Waals surface area contributed by atoms with Gasteiger partial charge in [0.25, 0.3) is 0 Å². The summed E-state index contributed by atoms with van der Waals surface area (Å²) in [6.07, 6.45) is 0.661. The van der Waals surface area contributed by atoms with Crippen LogP contribution in [0.25, 0.3) is 0 Å². The molecule has 2 aliphatic heterocycles. The minimum Gasteiger partial charge on any atom is -0.299 e. The molecule has 2 unspecified atom stereocenters. The van der Waals surface area contributed by atoms with Gasteiger partial charge in [0.1, 0.15) is 5.78 Å². The average Bonchev–Trinajstić information content (AvgIpc) is 2.15. The number of hydroxylamine groups is 2. The van der Waals surface area contributed by atoms with E-state index in [-0.39, 0.29) is 11.5 Å². The molecule has 0 spiro atoms. The summed E-state index contributed by atoms with van der Waals surface area (Å²) in [5, 5.41) is 1.94. The van der Waals surface area contributed by atoms with Crippen molar-refractivity contribution >= 4 is 5.78 Å². The van der Waals surface area contributed by atoms with Crippen molar-refractivity contribution in [2.75, 3.05) is 13.2 Å². The Morgan fingerprint density at radius 3 is 3.00 bits per heavy atom. The largest absolute Gasteiger partial charge is 0.299 e. The van der Waals surface area contributed by atoms with E-state index in [4.69, 9.17) is 4.84 Å². The van der Waals surface area contributed by atoms with Gasteiger partial charge in [0.15, 0.2) is 0 Å². The van der Waals surface area contributed by atoms with Crippen LogP contribution >= 0.6 is 0 Å². The third kappa shape index (κ3) is 0.844. The molecule has 0 aromatic carbocycles. The highest BCUT2D eigenvalue weighted by Gasteiger charge is 2.49. The second kappa shape index (κ2) is 2.05.